The minimum absolute atomic E-state index is 0.00576. The second kappa shape index (κ2) is 9.14. The first-order valence-electron chi connectivity index (χ1n) is 10.5. The number of carbonyl (C=O) groups excluding carboxylic acids is 1. The number of carboxylic acids is 2. The van der Waals surface area contributed by atoms with Crippen LogP contribution >= 0.6 is 0 Å². The average Bonchev–Trinajstić information content (AvgIpc) is 3.26. The number of aromatic nitrogens is 3. The maximum Gasteiger partial charge on any atom is 0.335 e. The van der Waals surface area contributed by atoms with Crippen molar-refractivity contribution in [3.8, 4) is 0 Å². The van der Waals surface area contributed by atoms with Crippen LogP contribution in [0.4, 0.5) is 11.6 Å². The highest BCUT2D eigenvalue weighted by Gasteiger charge is 2.23. The molecule has 2 aromatic carbocycles. The van der Waals surface area contributed by atoms with Crippen LogP contribution in [0.25, 0.3) is 11.0 Å². The highest BCUT2D eigenvalue weighted by atomic mass is 16.4. The molecule has 4 aromatic rings. The van der Waals surface area contributed by atoms with E-state index in [1.54, 1.807) is 30.5 Å². The van der Waals surface area contributed by atoms with Gasteiger partial charge in [0.2, 0.25) is 5.95 Å². The van der Waals surface area contributed by atoms with Crippen LogP contribution in [0.2, 0.25) is 0 Å². The molecule has 2 aromatic heterocycles. The fourth-order valence-corrected chi connectivity index (χ4v) is 3.89. The maximum absolute atomic E-state index is 13.2. The largest absolute Gasteiger partial charge is 0.480 e. The number of fused-ring (bicyclic) bond motifs is 1. The lowest BCUT2D eigenvalue weighted by Gasteiger charge is -2.22. The predicted octanol–water partition coefficient (Wildman–Crippen LogP) is 2.41. The summed E-state index contributed by atoms with van der Waals surface area (Å²) in [6, 6.07) is 12.0. The van der Waals surface area contributed by atoms with E-state index in [0.717, 1.165) is 10.5 Å². The van der Waals surface area contributed by atoms with Crippen molar-refractivity contribution in [2.75, 3.05) is 17.2 Å². The number of H-pyrrole nitrogens is 2. The second-order valence-electron chi connectivity index (χ2n) is 7.90. The normalized spacial score (nSPS) is 11.8. The third-order valence-electron chi connectivity index (χ3n) is 5.66. The second-order valence-corrected chi connectivity index (χ2v) is 7.90. The highest BCUT2D eigenvalue weighted by Crippen LogP contribution is 2.29. The number of aromatic amines is 2. The quantitative estimate of drug-likeness (QED) is 0.270. The average molecular weight is 475 g/mol. The van der Waals surface area contributed by atoms with Crippen LogP contribution in [-0.4, -0.2) is 49.6 Å². The van der Waals surface area contributed by atoms with Gasteiger partial charge in [-0.3, -0.25) is 24.3 Å². The van der Waals surface area contributed by atoms with Crippen molar-refractivity contribution in [1.82, 2.24) is 15.0 Å². The van der Waals surface area contributed by atoms with Crippen molar-refractivity contribution in [2.45, 2.75) is 12.8 Å². The van der Waals surface area contributed by atoms with Crippen molar-refractivity contribution < 1.29 is 24.6 Å². The van der Waals surface area contributed by atoms with E-state index < -0.39 is 24.4 Å². The summed E-state index contributed by atoms with van der Waals surface area (Å²) < 4.78 is 0. The van der Waals surface area contributed by atoms with Gasteiger partial charge in [0, 0.05) is 23.4 Å². The zero-order valence-corrected chi connectivity index (χ0v) is 18.5. The van der Waals surface area contributed by atoms with Gasteiger partial charge in [0.15, 0.2) is 0 Å². The minimum atomic E-state index is -1.25. The SMILES string of the molecule is CC(c1ccc(C(=O)N(CC(=O)O)c2cccc(C(=O)O)c2)cc1)c1c[nH]c2nc(N)[nH]c(=O)c12. The summed E-state index contributed by atoms with van der Waals surface area (Å²) in [5.74, 6) is -3.27. The molecule has 6 N–H and O–H groups in total. The zero-order chi connectivity index (χ0) is 25.3. The topological polar surface area (TPSA) is 182 Å². The van der Waals surface area contributed by atoms with Gasteiger partial charge in [-0.1, -0.05) is 25.1 Å². The van der Waals surface area contributed by atoms with Crippen molar-refractivity contribution in [2.24, 2.45) is 0 Å². The third-order valence-corrected chi connectivity index (χ3v) is 5.66. The molecule has 178 valence electrons. The number of benzene rings is 2. The Balaban J connectivity index is 1.64. The van der Waals surface area contributed by atoms with Crippen LogP contribution in [0.3, 0.4) is 0 Å². The van der Waals surface area contributed by atoms with Gasteiger partial charge in [0.05, 0.1) is 10.9 Å². The Morgan fingerprint density at radius 2 is 1.80 bits per heavy atom. The molecule has 1 atom stereocenters. The molecule has 2 heterocycles. The Morgan fingerprint density at radius 3 is 2.46 bits per heavy atom. The molecule has 0 saturated carbocycles. The number of aliphatic carboxylic acids is 1. The minimum Gasteiger partial charge on any atom is -0.480 e. The number of carboxylic acid groups (broad SMARTS) is 2. The monoisotopic (exact) mass is 475 g/mol. The van der Waals surface area contributed by atoms with Gasteiger partial charge in [-0.15, -0.1) is 0 Å². The molecule has 1 unspecified atom stereocenters. The number of hydrogen-bond acceptors (Lipinski definition) is 6. The van der Waals surface area contributed by atoms with E-state index >= 15 is 0 Å². The van der Waals surface area contributed by atoms with Crippen LogP contribution in [0, 0.1) is 0 Å². The number of hydrogen-bond donors (Lipinski definition) is 5. The molecular formula is C24H21N5O6. The van der Waals surface area contributed by atoms with E-state index in [0.29, 0.717) is 16.6 Å². The molecule has 0 aliphatic rings. The number of nitrogen functional groups attached to an aromatic ring is 1. The molecular weight excluding hydrogens is 454 g/mol. The van der Waals surface area contributed by atoms with Gasteiger partial charge < -0.3 is 20.9 Å². The van der Waals surface area contributed by atoms with Crippen LogP contribution in [0.15, 0.2) is 59.5 Å². The van der Waals surface area contributed by atoms with Crippen molar-refractivity contribution in [1.29, 1.82) is 0 Å². The van der Waals surface area contributed by atoms with Crippen LogP contribution < -0.4 is 16.2 Å². The summed E-state index contributed by atoms with van der Waals surface area (Å²) in [6.07, 6.45) is 1.68. The van der Waals surface area contributed by atoms with Crippen LogP contribution in [0.1, 0.15) is 44.7 Å². The number of carbonyl (C=O) groups is 3. The van der Waals surface area contributed by atoms with E-state index in [1.807, 2.05) is 6.92 Å². The lowest BCUT2D eigenvalue weighted by molar-refractivity contribution is -0.135. The lowest BCUT2D eigenvalue weighted by Crippen LogP contribution is -2.35. The fourth-order valence-electron chi connectivity index (χ4n) is 3.89. The van der Waals surface area contributed by atoms with Crippen LogP contribution in [-0.2, 0) is 4.79 Å². The van der Waals surface area contributed by atoms with Gasteiger partial charge >= 0.3 is 11.9 Å². The number of rotatable bonds is 7. The molecule has 0 aliphatic carbocycles. The first-order chi connectivity index (χ1) is 16.7. The Labute approximate surface area is 197 Å². The number of nitrogens with one attached hydrogen (secondary N) is 2. The Morgan fingerprint density at radius 1 is 1.09 bits per heavy atom. The summed E-state index contributed by atoms with van der Waals surface area (Å²) >= 11 is 0. The van der Waals surface area contributed by atoms with Crippen molar-refractivity contribution in [3.63, 3.8) is 0 Å². The number of amides is 1. The Kier molecular flexibility index (Phi) is 6.07. The molecule has 1 amide bonds. The first-order valence-corrected chi connectivity index (χ1v) is 10.5. The number of anilines is 2. The summed E-state index contributed by atoms with van der Waals surface area (Å²) in [7, 11) is 0. The molecule has 0 spiro atoms. The van der Waals surface area contributed by atoms with E-state index in [1.165, 1.54) is 24.3 Å². The molecule has 4 rings (SSSR count). The van der Waals surface area contributed by atoms with Gasteiger partial charge in [-0.25, -0.2) is 4.79 Å². The molecule has 0 bridgehead atoms. The predicted molar refractivity (Wildman–Crippen MR) is 128 cm³/mol. The zero-order valence-electron chi connectivity index (χ0n) is 18.5. The van der Waals surface area contributed by atoms with Crippen LogP contribution in [0.5, 0.6) is 0 Å². The number of nitrogens with two attached hydrogens (primary N) is 1. The number of nitrogens with zero attached hydrogens (tertiary/aromatic N) is 2. The van der Waals surface area contributed by atoms with E-state index in [4.69, 9.17) is 5.73 Å². The summed E-state index contributed by atoms with van der Waals surface area (Å²) in [5.41, 5.74) is 7.40. The van der Waals surface area contributed by atoms with Gasteiger partial charge in [0.25, 0.3) is 11.5 Å². The first kappa shape index (κ1) is 23.2. The van der Waals surface area contributed by atoms with Crippen molar-refractivity contribution >= 4 is 40.5 Å². The van der Waals surface area contributed by atoms with Gasteiger partial charge in [-0.2, -0.15) is 4.98 Å². The van der Waals surface area contributed by atoms with Gasteiger partial charge in [-0.05, 0) is 41.5 Å². The molecule has 0 saturated heterocycles. The van der Waals surface area contributed by atoms with Crippen molar-refractivity contribution in [3.05, 3.63) is 87.3 Å². The van der Waals surface area contributed by atoms with E-state index in [-0.39, 0.29) is 34.2 Å². The fraction of sp³-hybridized carbons (Fsp3) is 0.125. The molecule has 35 heavy (non-hydrogen) atoms. The summed E-state index contributed by atoms with van der Waals surface area (Å²) in [6.45, 7) is 1.25. The molecule has 0 radical (unpaired) electrons. The Bertz CT molecular complexity index is 1510. The molecule has 0 fully saturated rings. The molecule has 0 aliphatic heterocycles. The maximum atomic E-state index is 13.2. The summed E-state index contributed by atoms with van der Waals surface area (Å²) in [4.78, 5) is 58.8. The van der Waals surface area contributed by atoms with Gasteiger partial charge in [0.1, 0.15) is 12.2 Å². The lowest BCUT2D eigenvalue weighted by atomic mass is 9.92. The number of aromatic carboxylic acids is 1. The standard InChI is InChI=1S/C24H21N5O6/c1-12(17-10-26-20-19(17)21(32)28-24(25)27-20)13-5-7-14(8-6-13)22(33)29(11-18(30)31)16-4-2-3-15(9-16)23(34)35/h2-10,12H,11H2,1H3,(H,30,31)(H,34,35)(H4,25,26,27,28,32). The molecule has 11 nitrogen and oxygen atoms in total. The highest BCUT2D eigenvalue weighted by molar-refractivity contribution is 6.08. The Hall–Kier alpha value is -4.93. The molecule has 11 heteroatoms. The van der Waals surface area contributed by atoms with E-state index in [9.17, 15) is 29.4 Å². The summed E-state index contributed by atoms with van der Waals surface area (Å²) in [5, 5.41) is 18.9. The van der Waals surface area contributed by atoms with E-state index in [2.05, 4.69) is 15.0 Å². The third kappa shape index (κ3) is 4.60. The smallest absolute Gasteiger partial charge is 0.335 e.